The van der Waals surface area contributed by atoms with Crippen LogP contribution in [0.4, 0.5) is 0 Å². The molecular formula is C10H16N4. The van der Waals surface area contributed by atoms with Crippen LogP contribution in [0.1, 0.15) is 17.8 Å². The number of nitrogens with two attached hydrogens (primary N) is 1. The van der Waals surface area contributed by atoms with Crippen molar-refractivity contribution in [1.29, 1.82) is 0 Å². The third-order valence-corrected chi connectivity index (χ3v) is 3.55. The van der Waals surface area contributed by atoms with E-state index in [-0.39, 0.29) is 0 Å². The smallest absolute Gasteiger partial charge is 0.0925 e. The zero-order valence-corrected chi connectivity index (χ0v) is 8.24. The van der Waals surface area contributed by atoms with E-state index < -0.39 is 0 Å². The molecule has 1 aromatic rings. The summed E-state index contributed by atoms with van der Waals surface area (Å²) in [4.78, 5) is 10.1. The van der Waals surface area contributed by atoms with E-state index in [1.165, 1.54) is 24.4 Å². The summed E-state index contributed by atoms with van der Waals surface area (Å²) in [5.41, 5.74) is 8.29. The summed E-state index contributed by atoms with van der Waals surface area (Å²) in [5.74, 6) is 0.698. The minimum atomic E-state index is 0.694. The van der Waals surface area contributed by atoms with Crippen LogP contribution in [0.3, 0.4) is 0 Å². The highest BCUT2D eigenvalue weighted by atomic mass is 15.2. The molecule has 3 N–H and O–H groups in total. The molecule has 3 rings (SSSR count). The van der Waals surface area contributed by atoms with Gasteiger partial charge in [0.05, 0.1) is 17.7 Å². The number of aromatic nitrogens is 2. The molecule has 0 bridgehead atoms. The Balaban J connectivity index is 1.82. The number of aromatic amines is 1. The van der Waals surface area contributed by atoms with E-state index in [0.29, 0.717) is 12.0 Å². The SMILES string of the molecule is NC[C@H]1C[C@@H]2Cc3nc[nH]c3CN2C1. The van der Waals surface area contributed by atoms with Crippen LogP contribution in [0.15, 0.2) is 6.33 Å². The zero-order chi connectivity index (χ0) is 9.54. The second-order valence-electron chi connectivity index (χ2n) is 4.45. The summed E-state index contributed by atoms with van der Waals surface area (Å²) in [7, 11) is 0. The molecule has 0 amide bonds. The number of nitrogens with one attached hydrogen (secondary N) is 1. The molecule has 14 heavy (non-hydrogen) atoms. The van der Waals surface area contributed by atoms with Crippen molar-refractivity contribution in [1.82, 2.24) is 14.9 Å². The van der Waals surface area contributed by atoms with E-state index in [4.69, 9.17) is 5.73 Å². The van der Waals surface area contributed by atoms with Gasteiger partial charge in [-0.25, -0.2) is 4.98 Å². The highest BCUT2D eigenvalue weighted by Crippen LogP contribution is 2.30. The van der Waals surface area contributed by atoms with E-state index in [0.717, 1.165) is 19.5 Å². The van der Waals surface area contributed by atoms with Crippen LogP contribution in [-0.4, -0.2) is 34.0 Å². The lowest BCUT2D eigenvalue weighted by Gasteiger charge is -2.28. The topological polar surface area (TPSA) is 57.9 Å². The van der Waals surface area contributed by atoms with Crippen molar-refractivity contribution < 1.29 is 0 Å². The van der Waals surface area contributed by atoms with Crippen LogP contribution in [0.2, 0.25) is 0 Å². The molecule has 0 aliphatic carbocycles. The first-order valence-electron chi connectivity index (χ1n) is 5.32. The van der Waals surface area contributed by atoms with Crippen molar-refractivity contribution in [3.05, 3.63) is 17.7 Å². The Labute approximate surface area is 83.5 Å². The predicted molar refractivity (Wildman–Crippen MR) is 53.7 cm³/mol. The second-order valence-corrected chi connectivity index (χ2v) is 4.45. The first kappa shape index (κ1) is 8.44. The Hall–Kier alpha value is -0.870. The van der Waals surface area contributed by atoms with Gasteiger partial charge in [0, 0.05) is 25.6 Å². The van der Waals surface area contributed by atoms with Crippen molar-refractivity contribution in [3.8, 4) is 0 Å². The van der Waals surface area contributed by atoms with Gasteiger partial charge >= 0.3 is 0 Å². The van der Waals surface area contributed by atoms with Crippen LogP contribution >= 0.6 is 0 Å². The lowest BCUT2D eigenvalue weighted by molar-refractivity contribution is 0.221. The number of H-pyrrole nitrogens is 1. The number of hydrogen-bond donors (Lipinski definition) is 2. The fourth-order valence-electron chi connectivity index (χ4n) is 2.75. The van der Waals surface area contributed by atoms with E-state index in [1.807, 2.05) is 6.33 Å². The van der Waals surface area contributed by atoms with Crippen molar-refractivity contribution in [2.45, 2.75) is 25.4 Å². The Bertz CT molecular complexity index is 304. The molecule has 1 saturated heterocycles. The quantitative estimate of drug-likeness (QED) is 0.664. The molecule has 0 aromatic carbocycles. The van der Waals surface area contributed by atoms with Crippen molar-refractivity contribution >= 4 is 0 Å². The minimum Gasteiger partial charge on any atom is -0.347 e. The van der Waals surface area contributed by atoms with Gasteiger partial charge in [-0.15, -0.1) is 0 Å². The lowest BCUT2D eigenvalue weighted by Crippen LogP contribution is -2.35. The maximum Gasteiger partial charge on any atom is 0.0925 e. The van der Waals surface area contributed by atoms with Crippen LogP contribution in [0, 0.1) is 5.92 Å². The highest BCUT2D eigenvalue weighted by molar-refractivity contribution is 5.17. The molecule has 4 heteroatoms. The summed E-state index contributed by atoms with van der Waals surface area (Å²) in [6.07, 6.45) is 4.17. The normalized spacial score (nSPS) is 31.5. The van der Waals surface area contributed by atoms with Crippen LogP contribution in [-0.2, 0) is 13.0 Å². The van der Waals surface area contributed by atoms with Crippen LogP contribution in [0.25, 0.3) is 0 Å². The van der Waals surface area contributed by atoms with Crippen molar-refractivity contribution in [2.24, 2.45) is 11.7 Å². The van der Waals surface area contributed by atoms with Crippen LogP contribution in [0.5, 0.6) is 0 Å². The van der Waals surface area contributed by atoms with Gasteiger partial charge in [0.2, 0.25) is 0 Å². The third-order valence-electron chi connectivity index (χ3n) is 3.55. The Morgan fingerprint density at radius 1 is 1.64 bits per heavy atom. The van der Waals surface area contributed by atoms with E-state index in [2.05, 4.69) is 14.9 Å². The molecule has 1 aromatic heterocycles. The molecule has 0 spiro atoms. The number of imidazole rings is 1. The maximum atomic E-state index is 5.72. The van der Waals surface area contributed by atoms with Crippen LogP contribution < -0.4 is 5.73 Å². The number of nitrogens with zero attached hydrogens (tertiary/aromatic N) is 2. The van der Waals surface area contributed by atoms with Crippen molar-refractivity contribution in [3.63, 3.8) is 0 Å². The fourth-order valence-corrected chi connectivity index (χ4v) is 2.75. The third kappa shape index (κ3) is 1.18. The molecule has 76 valence electrons. The molecule has 2 aliphatic rings. The van der Waals surface area contributed by atoms with Crippen molar-refractivity contribution in [2.75, 3.05) is 13.1 Å². The zero-order valence-electron chi connectivity index (χ0n) is 8.24. The summed E-state index contributed by atoms with van der Waals surface area (Å²) < 4.78 is 0. The summed E-state index contributed by atoms with van der Waals surface area (Å²) in [5, 5.41) is 0. The summed E-state index contributed by atoms with van der Waals surface area (Å²) in [6.45, 7) is 3.03. The molecule has 4 nitrogen and oxygen atoms in total. The average molecular weight is 192 g/mol. The Kier molecular flexibility index (Phi) is 1.85. The molecule has 3 heterocycles. The Morgan fingerprint density at radius 3 is 3.43 bits per heavy atom. The highest BCUT2D eigenvalue weighted by Gasteiger charge is 2.35. The predicted octanol–water partition coefficient (Wildman–Crippen LogP) is 0.115. The molecule has 1 fully saturated rings. The monoisotopic (exact) mass is 192 g/mol. The molecular weight excluding hydrogens is 176 g/mol. The molecule has 2 atom stereocenters. The largest absolute Gasteiger partial charge is 0.347 e. The van der Waals surface area contributed by atoms with Gasteiger partial charge < -0.3 is 10.7 Å². The number of rotatable bonds is 1. The van der Waals surface area contributed by atoms with Gasteiger partial charge in [-0.05, 0) is 18.9 Å². The van der Waals surface area contributed by atoms with Gasteiger partial charge in [0.1, 0.15) is 0 Å². The van der Waals surface area contributed by atoms with Gasteiger partial charge in [-0.1, -0.05) is 0 Å². The number of hydrogen-bond acceptors (Lipinski definition) is 3. The minimum absolute atomic E-state index is 0.694. The number of fused-ring (bicyclic) bond motifs is 2. The maximum absolute atomic E-state index is 5.72. The molecule has 0 saturated carbocycles. The molecule has 0 unspecified atom stereocenters. The Morgan fingerprint density at radius 2 is 2.57 bits per heavy atom. The van der Waals surface area contributed by atoms with Gasteiger partial charge in [-0.3, -0.25) is 4.90 Å². The average Bonchev–Trinajstić information content (AvgIpc) is 2.77. The summed E-state index contributed by atoms with van der Waals surface area (Å²) in [6, 6.07) is 0.694. The summed E-state index contributed by atoms with van der Waals surface area (Å²) >= 11 is 0. The standard InChI is InChI=1S/C10H16N4/c11-3-7-1-8-2-9-10(13-6-12-9)5-14(8)4-7/h6-8H,1-5,11H2,(H,12,13)/t7-,8-/m1/s1. The molecule has 2 aliphatic heterocycles. The van der Waals surface area contributed by atoms with E-state index in [1.54, 1.807) is 0 Å². The van der Waals surface area contributed by atoms with Gasteiger partial charge in [-0.2, -0.15) is 0 Å². The van der Waals surface area contributed by atoms with Gasteiger partial charge in [0.25, 0.3) is 0 Å². The first-order chi connectivity index (χ1) is 6.86. The first-order valence-corrected chi connectivity index (χ1v) is 5.32. The fraction of sp³-hybridized carbons (Fsp3) is 0.700. The van der Waals surface area contributed by atoms with E-state index >= 15 is 0 Å². The molecule has 0 radical (unpaired) electrons. The lowest BCUT2D eigenvalue weighted by atomic mass is 10.0. The van der Waals surface area contributed by atoms with E-state index in [9.17, 15) is 0 Å². The van der Waals surface area contributed by atoms with Gasteiger partial charge in [0.15, 0.2) is 0 Å². The second kappa shape index (κ2) is 3.07.